The summed E-state index contributed by atoms with van der Waals surface area (Å²) in [5.41, 5.74) is 1.43. The zero-order chi connectivity index (χ0) is 17.3. The lowest BCUT2D eigenvalue weighted by Gasteiger charge is -2.05. The van der Waals surface area contributed by atoms with Crippen LogP contribution in [0.25, 0.3) is 0 Å². The molecule has 0 aliphatic carbocycles. The summed E-state index contributed by atoms with van der Waals surface area (Å²) in [4.78, 5) is 16.1. The Balaban J connectivity index is 1.73. The molecule has 1 N–H and O–H groups in total. The van der Waals surface area contributed by atoms with Gasteiger partial charge in [0.05, 0.1) is 6.54 Å². The van der Waals surface area contributed by atoms with Gasteiger partial charge in [-0.25, -0.2) is 14.1 Å². The van der Waals surface area contributed by atoms with Gasteiger partial charge in [0.15, 0.2) is 5.69 Å². The highest BCUT2D eigenvalue weighted by Gasteiger charge is 2.14. The highest BCUT2D eigenvalue weighted by atomic mass is 35.5. The molecule has 24 heavy (non-hydrogen) atoms. The van der Waals surface area contributed by atoms with Gasteiger partial charge >= 0.3 is 0 Å². The van der Waals surface area contributed by atoms with Crippen LogP contribution in [0, 0.1) is 12.7 Å². The molecule has 0 radical (unpaired) electrons. The molecule has 7 nitrogen and oxygen atoms in total. The van der Waals surface area contributed by atoms with E-state index in [0.717, 1.165) is 5.69 Å². The van der Waals surface area contributed by atoms with E-state index in [4.69, 9.17) is 11.6 Å². The Morgan fingerprint density at radius 1 is 1.38 bits per heavy atom. The average molecular weight is 349 g/mol. The predicted octanol–water partition coefficient (Wildman–Crippen LogP) is 2.41. The number of rotatable bonds is 4. The maximum absolute atomic E-state index is 13.8. The minimum absolute atomic E-state index is 0.107. The van der Waals surface area contributed by atoms with E-state index in [0.29, 0.717) is 10.6 Å². The van der Waals surface area contributed by atoms with Crippen molar-refractivity contribution < 1.29 is 9.18 Å². The number of carbonyl (C=O) groups is 1. The van der Waals surface area contributed by atoms with Gasteiger partial charge in [0.2, 0.25) is 5.95 Å². The Hall–Kier alpha value is -2.74. The summed E-state index contributed by atoms with van der Waals surface area (Å²) in [5.74, 6) is -0.733. The third-order valence-corrected chi connectivity index (χ3v) is 3.84. The third-order valence-electron chi connectivity index (χ3n) is 3.49. The van der Waals surface area contributed by atoms with E-state index in [1.54, 1.807) is 23.9 Å². The second-order valence-electron chi connectivity index (χ2n) is 5.21. The van der Waals surface area contributed by atoms with Crippen LogP contribution in [-0.2, 0) is 13.6 Å². The minimum atomic E-state index is -0.424. The van der Waals surface area contributed by atoms with Crippen molar-refractivity contribution >= 4 is 23.5 Å². The van der Waals surface area contributed by atoms with Gasteiger partial charge in [0.1, 0.15) is 12.1 Å². The summed E-state index contributed by atoms with van der Waals surface area (Å²) in [6.07, 6.45) is 1.39. The number of benzene rings is 1. The molecule has 0 atom stereocenters. The normalized spacial score (nSPS) is 10.8. The predicted molar refractivity (Wildman–Crippen MR) is 86.4 cm³/mol. The summed E-state index contributed by atoms with van der Waals surface area (Å²) in [5, 5.41) is 11.0. The summed E-state index contributed by atoms with van der Waals surface area (Å²) in [6, 6.07) is 6.11. The van der Waals surface area contributed by atoms with Crippen LogP contribution in [0.2, 0.25) is 5.02 Å². The SMILES string of the molecule is Cc1cc(C(=O)Nc2ncn(Cc3c(F)cccc3Cl)n2)nn1C. The molecule has 2 heterocycles. The van der Waals surface area contributed by atoms with E-state index >= 15 is 0 Å². The number of anilines is 1. The van der Waals surface area contributed by atoms with Crippen LogP contribution >= 0.6 is 11.6 Å². The number of amides is 1. The van der Waals surface area contributed by atoms with Gasteiger partial charge in [-0.2, -0.15) is 5.10 Å². The highest BCUT2D eigenvalue weighted by Crippen LogP contribution is 2.19. The highest BCUT2D eigenvalue weighted by molar-refractivity contribution is 6.31. The fourth-order valence-electron chi connectivity index (χ4n) is 2.11. The van der Waals surface area contributed by atoms with Crippen LogP contribution in [0.4, 0.5) is 10.3 Å². The van der Waals surface area contributed by atoms with Gasteiger partial charge in [-0.15, -0.1) is 5.10 Å². The molecule has 3 aromatic rings. The molecular formula is C15H14ClFN6O. The molecule has 0 saturated carbocycles. The quantitative estimate of drug-likeness (QED) is 0.785. The van der Waals surface area contributed by atoms with Gasteiger partial charge in [-0.3, -0.25) is 14.8 Å². The Labute approximate surface area is 142 Å². The molecule has 1 amide bonds. The number of halogens is 2. The molecule has 0 aliphatic rings. The summed E-state index contributed by atoms with van der Waals surface area (Å²) in [7, 11) is 1.75. The molecule has 2 aromatic heterocycles. The standard InChI is InChI=1S/C15H14ClFN6O/c1-9-6-13(20-22(9)2)14(24)19-15-18-8-23(21-15)7-10-11(16)4-3-5-12(10)17/h3-6,8H,7H2,1-2H3,(H,19,21,24). The maximum Gasteiger partial charge on any atom is 0.278 e. The Morgan fingerprint density at radius 2 is 2.17 bits per heavy atom. The molecule has 3 rings (SSSR count). The fourth-order valence-corrected chi connectivity index (χ4v) is 2.33. The number of aromatic nitrogens is 5. The van der Waals surface area contributed by atoms with Crippen LogP contribution in [0.1, 0.15) is 21.7 Å². The van der Waals surface area contributed by atoms with Crippen molar-refractivity contribution in [3.05, 3.63) is 58.4 Å². The summed E-state index contributed by atoms with van der Waals surface area (Å²) >= 11 is 5.99. The van der Waals surface area contributed by atoms with Crippen LogP contribution in [0.5, 0.6) is 0 Å². The molecule has 0 unspecified atom stereocenters. The van der Waals surface area contributed by atoms with Crippen molar-refractivity contribution in [1.29, 1.82) is 0 Å². The fraction of sp³-hybridized carbons (Fsp3) is 0.200. The molecular weight excluding hydrogens is 335 g/mol. The first-order valence-electron chi connectivity index (χ1n) is 7.08. The number of hydrogen-bond acceptors (Lipinski definition) is 4. The smallest absolute Gasteiger partial charge is 0.278 e. The molecule has 1 aromatic carbocycles. The molecule has 0 aliphatic heterocycles. The number of nitrogens with one attached hydrogen (secondary N) is 1. The molecule has 124 valence electrons. The van der Waals surface area contributed by atoms with Crippen LogP contribution in [-0.4, -0.2) is 30.5 Å². The van der Waals surface area contributed by atoms with Crippen molar-refractivity contribution in [2.24, 2.45) is 7.05 Å². The first-order chi connectivity index (χ1) is 11.4. The van der Waals surface area contributed by atoms with E-state index in [9.17, 15) is 9.18 Å². The number of nitrogens with zero attached hydrogens (tertiary/aromatic N) is 5. The van der Waals surface area contributed by atoms with Crippen LogP contribution in [0.3, 0.4) is 0 Å². The third kappa shape index (κ3) is 3.28. The zero-order valence-electron chi connectivity index (χ0n) is 13.0. The van der Waals surface area contributed by atoms with Crippen molar-refractivity contribution in [1.82, 2.24) is 24.5 Å². The van der Waals surface area contributed by atoms with Crippen molar-refractivity contribution in [2.45, 2.75) is 13.5 Å². The molecule has 0 fully saturated rings. The van der Waals surface area contributed by atoms with Crippen molar-refractivity contribution in [2.75, 3.05) is 5.32 Å². The van der Waals surface area contributed by atoms with E-state index in [2.05, 4.69) is 20.5 Å². The Bertz CT molecular complexity index is 864. The zero-order valence-corrected chi connectivity index (χ0v) is 13.8. The first kappa shape index (κ1) is 16.1. The minimum Gasteiger partial charge on any atom is -0.288 e. The lowest BCUT2D eigenvalue weighted by Crippen LogP contribution is -2.14. The lowest BCUT2D eigenvalue weighted by atomic mass is 10.2. The van der Waals surface area contributed by atoms with E-state index in [1.165, 1.54) is 23.1 Å². The van der Waals surface area contributed by atoms with Crippen LogP contribution in [0.15, 0.2) is 30.6 Å². The number of carbonyl (C=O) groups excluding carboxylic acids is 1. The Morgan fingerprint density at radius 3 is 2.83 bits per heavy atom. The lowest BCUT2D eigenvalue weighted by molar-refractivity contribution is 0.102. The molecule has 0 spiro atoms. The molecule has 0 saturated heterocycles. The van der Waals surface area contributed by atoms with E-state index < -0.39 is 11.7 Å². The number of hydrogen-bond donors (Lipinski definition) is 1. The maximum atomic E-state index is 13.8. The van der Waals surface area contributed by atoms with Gasteiger partial charge < -0.3 is 0 Å². The van der Waals surface area contributed by atoms with Gasteiger partial charge in [-0.05, 0) is 25.1 Å². The van der Waals surface area contributed by atoms with Gasteiger partial charge in [-0.1, -0.05) is 17.7 Å². The Kier molecular flexibility index (Phi) is 4.30. The second kappa shape index (κ2) is 6.40. The first-order valence-corrected chi connectivity index (χ1v) is 7.46. The average Bonchev–Trinajstić information content (AvgIpc) is 3.10. The molecule has 0 bridgehead atoms. The van der Waals surface area contributed by atoms with Gasteiger partial charge in [0, 0.05) is 23.3 Å². The summed E-state index contributed by atoms with van der Waals surface area (Å²) < 4.78 is 16.8. The number of aryl methyl sites for hydroxylation is 2. The summed E-state index contributed by atoms with van der Waals surface area (Å²) in [6.45, 7) is 1.95. The largest absolute Gasteiger partial charge is 0.288 e. The van der Waals surface area contributed by atoms with Crippen LogP contribution < -0.4 is 5.32 Å². The topological polar surface area (TPSA) is 77.6 Å². The van der Waals surface area contributed by atoms with E-state index in [1.807, 2.05) is 6.92 Å². The second-order valence-corrected chi connectivity index (χ2v) is 5.62. The van der Waals surface area contributed by atoms with Crippen molar-refractivity contribution in [3.63, 3.8) is 0 Å². The van der Waals surface area contributed by atoms with Crippen molar-refractivity contribution in [3.8, 4) is 0 Å². The molecule has 9 heteroatoms. The van der Waals surface area contributed by atoms with E-state index in [-0.39, 0.29) is 18.2 Å². The monoisotopic (exact) mass is 348 g/mol. The van der Waals surface area contributed by atoms with Gasteiger partial charge in [0.25, 0.3) is 5.91 Å².